The van der Waals surface area contributed by atoms with Crippen molar-refractivity contribution >= 4 is 28.3 Å². The SMILES string of the molecule is CC(C)(C)Nc1nc(Cc2c(F)cccc2Cl)ns1. The maximum absolute atomic E-state index is 13.7. The summed E-state index contributed by atoms with van der Waals surface area (Å²) >= 11 is 7.25. The fraction of sp³-hybridized carbons (Fsp3) is 0.385. The summed E-state index contributed by atoms with van der Waals surface area (Å²) < 4.78 is 17.9. The Morgan fingerprint density at radius 3 is 2.74 bits per heavy atom. The highest BCUT2D eigenvalue weighted by atomic mass is 35.5. The van der Waals surface area contributed by atoms with Gasteiger partial charge in [-0.25, -0.2) is 9.37 Å². The lowest BCUT2D eigenvalue weighted by atomic mass is 10.1. The van der Waals surface area contributed by atoms with Gasteiger partial charge in [-0.1, -0.05) is 17.7 Å². The highest BCUT2D eigenvalue weighted by molar-refractivity contribution is 7.09. The molecule has 0 unspecified atom stereocenters. The first kappa shape index (κ1) is 14.2. The molecule has 0 bridgehead atoms. The molecular weight excluding hydrogens is 285 g/mol. The standard InChI is InChI=1S/C13H15ClFN3S/c1-13(2,3)17-12-16-11(18-19-12)7-8-9(14)5-4-6-10(8)15/h4-6H,7H2,1-3H3,(H,16,17,18). The fourth-order valence-electron chi connectivity index (χ4n) is 1.56. The highest BCUT2D eigenvalue weighted by Crippen LogP contribution is 2.23. The van der Waals surface area contributed by atoms with Crippen molar-refractivity contribution in [2.75, 3.05) is 5.32 Å². The van der Waals surface area contributed by atoms with Gasteiger partial charge in [0.25, 0.3) is 0 Å². The minimum absolute atomic E-state index is 0.0769. The molecule has 19 heavy (non-hydrogen) atoms. The number of hydrogen-bond donors (Lipinski definition) is 1. The van der Waals surface area contributed by atoms with Gasteiger partial charge < -0.3 is 5.32 Å². The molecule has 2 aromatic rings. The van der Waals surface area contributed by atoms with Crippen molar-refractivity contribution in [1.29, 1.82) is 0 Å². The Labute approximate surface area is 121 Å². The van der Waals surface area contributed by atoms with Gasteiger partial charge >= 0.3 is 0 Å². The smallest absolute Gasteiger partial charge is 0.202 e. The first-order valence-electron chi connectivity index (χ1n) is 5.89. The van der Waals surface area contributed by atoms with E-state index in [-0.39, 0.29) is 11.4 Å². The van der Waals surface area contributed by atoms with Crippen molar-refractivity contribution in [3.63, 3.8) is 0 Å². The third-order valence-corrected chi connectivity index (χ3v) is 3.37. The Bertz CT molecular complexity index is 557. The third-order valence-electron chi connectivity index (χ3n) is 2.35. The molecule has 2 rings (SSSR count). The van der Waals surface area contributed by atoms with Crippen LogP contribution in [-0.2, 0) is 6.42 Å². The predicted molar refractivity (Wildman–Crippen MR) is 77.5 cm³/mol. The van der Waals surface area contributed by atoms with Crippen molar-refractivity contribution in [2.24, 2.45) is 0 Å². The zero-order valence-electron chi connectivity index (χ0n) is 11.0. The zero-order valence-corrected chi connectivity index (χ0v) is 12.6. The van der Waals surface area contributed by atoms with Gasteiger partial charge in [0.1, 0.15) is 11.6 Å². The third kappa shape index (κ3) is 3.88. The van der Waals surface area contributed by atoms with Crippen molar-refractivity contribution in [3.8, 4) is 0 Å². The molecule has 0 aliphatic heterocycles. The molecule has 0 spiro atoms. The number of hydrogen-bond acceptors (Lipinski definition) is 4. The Kier molecular flexibility index (Phi) is 4.06. The summed E-state index contributed by atoms with van der Waals surface area (Å²) in [5.74, 6) is 0.247. The molecule has 0 saturated carbocycles. The van der Waals surface area contributed by atoms with Gasteiger partial charge in [-0.15, -0.1) is 0 Å². The number of anilines is 1. The summed E-state index contributed by atoms with van der Waals surface area (Å²) in [4.78, 5) is 4.34. The first-order valence-corrected chi connectivity index (χ1v) is 7.04. The van der Waals surface area contributed by atoms with Gasteiger partial charge in [-0.2, -0.15) is 4.37 Å². The second kappa shape index (κ2) is 5.43. The van der Waals surface area contributed by atoms with Crippen LogP contribution in [-0.4, -0.2) is 14.9 Å². The van der Waals surface area contributed by atoms with E-state index in [1.54, 1.807) is 12.1 Å². The molecule has 1 N–H and O–H groups in total. The van der Waals surface area contributed by atoms with Crippen LogP contribution in [0.5, 0.6) is 0 Å². The van der Waals surface area contributed by atoms with Crippen molar-refractivity contribution in [2.45, 2.75) is 32.7 Å². The number of nitrogens with zero attached hydrogens (tertiary/aromatic N) is 2. The quantitative estimate of drug-likeness (QED) is 0.926. The van der Waals surface area contributed by atoms with E-state index in [4.69, 9.17) is 11.6 Å². The van der Waals surface area contributed by atoms with Crippen LogP contribution in [0, 0.1) is 5.82 Å². The summed E-state index contributed by atoms with van der Waals surface area (Å²) in [6, 6.07) is 4.64. The highest BCUT2D eigenvalue weighted by Gasteiger charge is 2.15. The lowest BCUT2D eigenvalue weighted by Crippen LogP contribution is -2.25. The molecule has 1 heterocycles. The Balaban J connectivity index is 2.16. The molecule has 1 aromatic carbocycles. The monoisotopic (exact) mass is 299 g/mol. The second-order valence-electron chi connectivity index (χ2n) is 5.27. The average molecular weight is 300 g/mol. The zero-order chi connectivity index (χ0) is 14.0. The van der Waals surface area contributed by atoms with Crippen molar-refractivity contribution < 1.29 is 4.39 Å². The summed E-state index contributed by atoms with van der Waals surface area (Å²) in [5.41, 5.74) is 0.358. The molecule has 102 valence electrons. The molecule has 6 heteroatoms. The number of benzene rings is 1. The van der Waals surface area contributed by atoms with E-state index in [0.717, 1.165) is 5.13 Å². The minimum Gasteiger partial charge on any atom is -0.356 e. The molecule has 0 aliphatic rings. The summed E-state index contributed by atoms with van der Waals surface area (Å²) in [6.07, 6.45) is 0.299. The normalized spacial score (nSPS) is 11.6. The van der Waals surface area contributed by atoms with Gasteiger partial charge in [0, 0.05) is 34.1 Å². The minimum atomic E-state index is -0.326. The Morgan fingerprint density at radius 1 is 1.37 bits per heavy atom. The maximum atomic E-state index is 13.7. The topological polar surface area (TPSA) is 37.8 Å². The largest absolute Gasteiger partial charge is 0.356 e. The second-order valence-corrected chi connectivity index (χ2v) is 6.43. The fourth-order valence-corrected chi connectivity index (χ4v) is 2.58. The molecule has 1 aromatic heterocycles. The Morgan fingerprint density at radius 2 is 2.11 bits per heavy atom. The van der Waals surface area contributed by atoms with Gasteiger partial charge in [-0.05, 0) is 32.9 Å². The van der Waals surface area contributed by atoms with Gasteiger partial charge in [-0.3, -0.25) is 0 Å². The van der Waals surface area contributed by atoms with E-state index in [1.165, 1.54) is 17.6 Å². The molecule has 0 atom stereocenters. The van der Waals surface area contributed by atoms with Gasteiger partial charge in [0.2, 0.25) is 5.13 Å². The summed E-state index contributed by atoms with van der Waals surface area (Å²) in [7, 11) is 0. The van der Waals surface area contributed by atoms with Crippen LogP contribution in [0.1, 0.15) is 32.2 Å². The number of aromatic nitrogens is 2. The van der Waals surface area contributed by atoms with E-state index < -0.39 is 0 Å². The van der Waals surface area contributed by atoms with Crippen molar-refractivity contribution in [3.05, 3.63) is 40.4 Å². The summed E-state index contributed by atoms with van der Waals surface area (Å²) in [6.45, 7) is 6.13. The maximum Gasteiger partial charge on any atom is 0.202 e. The average Bonchev–Trinajstić information content (AvgIpc) is 2.69. The van der Waals surface area contributed by atoms with E-state index in [1.807, 2.05) is 20.8 Å². The summed E-state index contributed by atoms with van der Waals surface area (Å²) in [5, 5.41) is 4.37. The Hall–Kier alpha value is -1.20. The van der Waals surface area contributed by atoms with E-state index in [0.29, 0.717) is 22.8 Å². The van der Waals surface area contributed by atoms with E-state index >= 15 is 0 Å². The molecule has 0 amide bonds. The predicted octanol–water partition coefficient (Wildman–Crippen LogP) is 4.13. The number of nitrogens with one attached hydrogen (secondary N) is 1. The van der Waals surface area contributed by atoms with Gasteiger partial charge in [0.15, 0.2) is 0 Å². The molecular formula is C13H15ClFN3S. The number of halogens is 2. The lowest BCUT2D eigenvalue weighted by Gasteiger charge is -2.18. The van der Waals surface area contributed by atoms with Crippen molar-refractivity contribution in [1.82, 2.24) is 9.36 Å². The molecule has 0 saturated heterocycles. The first-order chi connectivity index (χ1) is 8.85. The van der Waals surface area contributed by atoms with Crippen LogP contribution in [0.3, 0.4) is 0 Å². The molecule has 0 radical (unpaired) electrons. The van der Waals surface area contributed by atoms with Crippen LogP contribution < -0.4 is 5.32 Å². The van der Waals surface area contributed by atoms with Crippen LogP contribution in [0.2, 0.25) is 5.02 Å². The van der Waals surface area contributed by atoms with Crippen LogP contribution in [0.4, 0.5) is 9.52 Å². The van der Waals surface area contributed by atoms with Gasteiger partial charge in [0.05, 0.1) is 0 Å². The number of rotatable bonds is 3. The molecule has 3 nitrogen and oxygen atoms in total. The molecule has 0 aliphatic carbocycles. The van der Waals surface area contributed by atoms with E-state index in [2.05, 4.69) is 14.7 Å². The van der Waals surface area contributed by atoms with Crippen LogP contribution in [0.25, 0.3) is 0 Å². The molecule has 0 fully saturated rings. The van der Waals surface area contributed by atoms with E-state index in [9.17, 15) is 4.39 Å². The van der Waals surface area contributed by atoms with Crippen LogP contribution >= 0.6 is 23.1 Å². The van der Waals surface area contributed by atoms with Crippen LogP contribution in [0.15, 0.2) is 18.2 Å². The lowest BCUT2D eigenvalue weighted by molar-refractivity contribution is 0.612.